The molecule has 0 bridgehead atoms. The van der Waals surface area contributed by atoms with E-state index in [4.69, 9.17) is 4.74 Å². The molecular weight excluding hydrogens is 356 g/mol. The van der Waals surface area contributed by atoms with E-state index in [0.717, 1.165) is 56.4 Å². The van der Waals surface area contributed by atoms with E-state index in [1.165, 1.54) is 22.0 Å². The summed E-state index contributed by atoms with van der Waals surface area (Å²) in [4.78, 5) is 23.2. The van der Waals surface area contributed by atoms with Crippen molar-refractivity contribution in [2.75, 3.05) is 31.6 Å². The Kier molecular flexibility index (Phi) is 5.00. The third kappa shape index (κ3) is 3.56. The number of piperidine rings is 1. The van der Waals surface area contributed by atoms with Crippen molar-refractivity contribution in [2.45, 2.75) is 32.4 Å². The molecule has 0 spiro atoms. The lowest BCUT2D eigenvalue weighted by molar-refractivity contribution is -0.136. The van der Waals surface area contributed by atoms with Crippen LogP contribution in [0, 0.1) is 5.92 Å². The fourth-order valence-corrected chi connectivity index (χ4v) is 5.21. The number of methoxy groups -OCH3 is 1. The second kappa shape index (κ2) is 7.39. The van der Waals surface area contributed by atoms with E-state index in [0.29, 0.717) is 12.5 Å². The summed E-state index contributed by atoms with van der Waals surface area (Å²) in [6.45, 7) is 3.74. The predicted molar refractivity (Wildman–Crippen MR) is 99.0 cm³/mol. The fourth-order valence-electron chi connectivity index (χ4n) is 3.61. The number of fused-ring (bicyclic) bond motifs is 1. The van der Waals surface area contributed by atoms with Crippen molar-refractivity contribution < 1.29 is 9.53 Å². The zero-order chi connectivity index (χ0) is 17.2. The molecule has 0 aromatic carbocycles. The molecule has 2 aromatic heterocycles. The molecule has 6 nitrogen and oxygen atoms in total. The molecule has 0 radical (unpaired) electrons. The SMILES string of the molecule is COCc1nsc(N2CCCC(C(=O)N3CCc4sccc4C3)C2)n1. The Labute approximate surface area is 155 Å². The Hall–Kier alpha value is -1.51. The first kappa shape index (κ1) is 16.9. The van der Waals surface area contributed by atoms with Crippen LogP contribution in [0.5, 0.6) is 0 Å². The van der Waals surface area contributed by atoms with Crippen LogP contribution in [0.3, 0.4) is 0 Å². The van der Waals surface area contributed by atoms with E-state index in [9.17, 15) is 4.79 Å². The number of nitrogens with zero attached hydrogens (tertiary/aromatic N) is 4. The normalized spacial score (nSPS) is 20.6. The molecule has 2 aliphatic heterocycles. The number of hydrogen-bond donors (Lipinski definition) is 0. The van der Waals surface area contributed by atoms with E-state index in [1.807, 2.05) is 16.2 Å². The summed E-state index contributed by atoms with van der Waals surface area (Å²) >= 11 is 3.21. The molecule has 1 amide bonds. The highest BCUT2D eigenvalue weighted by atomic mass is 32.1. The van der Waals surface area contributed by atoms with Crippen molar-refractivity contribution in [3.63, 3.8) is 0 Å². The number of anilines is 1. The maximum Gasteiger partial charge on any atom is 0.227 e. The van der Waals surface area contributed by atoms with Crippen molar-refractivity contribution >= 4 is 33.9 Å². The van der Waals surface area contributed by atoms with Gasteiger partial charge in [0.25, 0.3) is 0 Å². The maximum absolute atomic E-state index is 13.0. The van der Waals surface area contributed by atoms with Crippen LogP contribution in [0.4, 0.5) is 5.13 Å². The monoisotopic (exact) mass is 378 g/mol. The first-order valence-electron chi connectivity index (χ1n) is 8.65. The number of carbonyl (C=O) groups is 1. The van der Waals surface area contributed by atoms with Gasteiger partial charge in [-0.25, -0.2) is 4.98 Å². The standard InChI is InChI=1S/C17H22N4O2S2/c1-23-11-15-18-17(25-19-15)21-6-2-3-13(10-21)16(22)20-7-4-14-12(9-20)5-8-24-14/h5,8,13H,2-4,6-7,9-11H2,1H3. The molecule has 134 valence electrons. The minimum atomic E-state index is 0.0590. The van der Waals surface area contributed by atoms with Crippen molar-refractivity contribution in [1.82, 2.24) is 14.3 Å². The molecule has 0 N–H and O–H groups in total. The average molecular weight is 379 g/mol. The maximum atomic E-state index is 13.0. The van der Waals surface area contributed by atoms with Gasteiger partial charge in [0.2, 0.25) is 11.0 Å². The minimum Gasteiger partial charge on any atom is -0.377 e. The lowest BCUT2D eigenvalue weighted by atomic mass is 9.95. The van der Waals surface area contributed by atoms with Crippen molar-refractivity contribution in [3.8, 4) is 0 Å². The van der Waals surface area contributed by atoms with Crippen molar-refractivity contribution in [2.24, 2.45) is 5.92 Å². The zero-order valence-electron chi connectivity index (χ0n) is 14.3. The molecule has 0 aliphatic carbocycles. The quantitative estimate of drug-likeness (QED) is 0.818. The Morgan fingerprint density at radius 3 is 3.24 bits per heavy atom. The third-order valence-corrected chi connectivity index (χ3v) is 6.73. The molecule has 4 rings (SSSR count). The van der Waals surface area contributed by atoms with Gasteiger partial charge < -0.3 is 14.5 Å². The van der Waals surface area contributed by atoms with Gasteiger partial charge in [0.15, 0.2) is 5.82 Å². The first-order chi connectivity index (χ1) is 12.2. The predicted octanol–water partition coefficient (Wildman–Crippen LogP) is 2.55. The fraction of sp³-hybridized carbons (Fsp3) is 0.588. The molecule has 1 unspecified atom stereocenters. The molecule has 4 heterocycles. The summed E-state index contributed by atoms with van der Waals surface area (Å²) in [6.07, 6.45) is 2.98. The van der Waals surface area contributed by atoms with Crippen LogP contribution < -0.4 is 4.90 Å². The minimum absolute atomic E-state index is 0.0590. The van der Waals surface area contributed by atoms with E-state index < -0.39 is 0 Å². The molecule has 1 saturated heterocycles. The van der Waals surface area contributed by atoms with Crippen LogP contribution in [0.15, 0.2) is 11.4 Å². The summed E-state index contributed by atoms with van der Waals surface area (Å²) in [5.41, 5.74) is 1.32. The molecule has 1 atom stereocenters. The smallest absolute Gasteiger partial charge is 0.227 e. The van der Waals surface area contributed by atoms with Gasteiger partial charge in [0.05, 0.1) is 5.92 Å². The Balaban J connectivity index is 1.41. The van der Waals surface area contributed by atoms with Gasteiger partial charge in [-0.15, -0.1) is 11.3 Å². The van der Waals surface area contributed by atoms with E-state index in [2.05, 4.69) is 25.7 Å². The molecule has 1 fully saturated rings. The molecule has 2 aromatic rings. The van der Waals surface area contributed by atoms with E-state index in [1.54, 1.807) is 7.11 Å². The van der Waals surface area contributed by atoms with E-state index >= 15 is 0 Å². The lowest BCUT2D eigenvalue weighted by Gasteiger charge is -2.36. The second-order valence-electron chi connectivity index (χ2n) is 6.59. The van der Waals surface area contributed by atoms with Crippen LogP contribution in [-0.2, 0) is 29.1 Å². The Bertz CT molecular complexity index is 745. The number of ether oxygens (including phenoxy) is 1. The van der Waals surface area contributed by atoms with Gasteiger partial charge in [-0.3, -0.25) is 4.79 Å². The zero-order valence-corrected chi connectivity index (χ0v) is 15.9. The van der Waals surface area contributed by atoms with Gasteiger partial charge in [-0.2, -0.15) is 4.37 Å². The summed E-state index contributed by atoms with van der Waals surface area (Å²) < 4.78 is 9.42. The summed E-state index contributed by atoms with van der Waals surface area (Å²) in [5, 5.41) is 3.04. The van der Waals surface area contributed by atoms with Gasteiger partial charge in [0, 0.05) is 49.7 Å². The Morgan fingerprint density at radius 2 is 2.36 bits per heavy atom. The molecule has 25 heavy (non-hydrogen) atoms. The highest BCUT2D eigenvalue weighted by Gasteiger charge is 2.32. The van der Waals surface area contributed by atoms with Gasteiger partial charge in [-0.1, -0.05) is 0 Å². The van der Waals surface area contributed by atoms with Crippen molar-refractivity contribution in [1.29, 1.82) is 0 Å². The summed E-state index contributed by atoms with van der Waals surface area (Å²) in [5.74, 6) is 1.07. The number of amides is 1. The van der Waals surface area contributed by atoms with Crippen LogP contribution in [0.2, 0.25) is 0 Å². The lowest BCUT2D eigenvalue weighted by Crippen LogP contribution is -2.46. The van der Waals surface area contributed by atoms with Gasteiger partial charge >= 0.3 is 0 Å². The van der Waals surface area contributed by atoms with Crippen molar-refractivity contribution in [3.05, 3.63) is 27.7 Å². The second-order valence-corrected chi connectivity index (χ2v) is 8.32. The number of hydrogen-bond acceptors (Lipinski definition) is 7. The van der Waals surface area contributed by atoms with Gasteiger partial charge in [0.1, 0.15) is 6.61 Å². The number of rotatable bonds is 4. The highest BCUT2D eigenvalue weighted by Crippen LogP contribution is 2.29. The third-order valence-electron chi connectivity index (χ3n) is 4.89. The molecule has 2 aliphatic rings. The number of thiophene rings is 1. The largest absolute Gasteiger partial charge is 0.377 e. The highest BCUT2D eigenvalue weighted by molar-refractivity contribution is 7.10. The summed E-state index contributed by atoms with van der Waals surface area (Å²) in [7, 11) is 1.65. The number of carbonyl (C=O) groups excluding carboxylic acids is 1. The summed E-state index contributed by atoms with van der Waals surface area (Å²) in [6, 6.07) is 2.16. The average Bonchev–Trinajstić information content (AvgIpc) is 3.30. The molecule has 0 saturated carbocycles. The first-order valence-corrected chi connectivity index (χ1v) is 10.3. The van der Waals surface area contributed by atoms with E-state index in [-0.39, 0.29) is 5.92 Å². The Morgan fingerprint density at radius 1 is 1.44 bits per heavy atom. The van der Waals surface area contributed by atoms with Crippen LogP contribution >= 0.6 is 22.9 Å². The topological polar surface area (TPSA) is 58.6 Å². The van der Waals surface area contributed by atoms with Gasteiger partial charge in [-0.05, 0) is 36.3 Å². The molecule has 8 heteroatoms. The van der Waals surface area contributed by atoms with Crippen LogP contribution in [0.25, 0.3) is 0 Å². The number of aromatic nitrogens is 2. The molecular formula is C17H22N4O2S2. The van der Waals surface area contributed by atoms with Crippen LogP contribution in [0.1, 0.15) is 29.1 Å². The van der Waals surface area contributed by atoms with Crippen LogP contribution in [-0.4, -0.2) is 46.9 Å².